The lowest BCUT2D eigenvalue weighted by Gasteiger charge is -2.37. The van der Waals surface area contributed by atoms with E-state index in [1.54, 1.807) is 0 Å². The molecule has 5 nitrogen and oxygen atoms in total. The third-order valence-electron chi connectivity index (χ3n) is 11.8. The van der Waals surface area contributed by atoms with Crippen LogP contribution in [0.4, 0.5) is 0 Å². The number of esters is 2. The van der Waals surface area contributed by atoms with Crippen LogP contribution >= 0.6 is 0 Å². The zero-order valence-electron chi connectivity index (χ0n) is 24.1. The van der Waals surface area contributed by atoms with Crippen molar-refractivity contribution >= 4 is 11.9 Å². The highest BCUT2D eigenvalue weighted by molar-refractivity contribution is 5.76. The number of fused-ring (bicyclic) bond motifs is 6. The lowest BCUT2D eigenvalue weighted by atomic mass is 9.70. The van der Waals surface area contributed by atoms with E-state index >= 15 is 0 Å². The predicted molar refractivity (Wildman–Crippen MR) is 144 cm³/mol. The van der Waals surface area contributed by atoms with Crippen LogP contribution in [0, 0.1) is 53.3 Å². The van der Waals surface area contributed by atoms with Crippen LogP contribution in [0.3, 0.4) is 0 Å². The summed E-state index contributed by atoms with van der Waals surface area (Å²) in [5, 5.41) is 0. The van der Waals surface area contributed by atoms with Gasteiger partial charge in [0.25, 0.3) is 0 Å². The molecule has 4 saturated carbocycles. The summed E-state index contributed by atoms with van der Waals surface area (Å²) in [6.45, 7) is 11.7. The Hall–Kier alpha value is -1.10. The molecule has 5 heteroatoms. The topological polar surface area (TPSA) is 61.8 Å². The smallest absolute Gasteiger partial charge is 0.312 e. The SMILES string of the molecule is CCC1CC(CC)C2C3CC(CC3C(=O)OC3(CC)CCCC3)C12.CCC1OC(CC)C2C(=O)OCC12. The van der Waals surface area contributed by atoms with E-state index in [4.69, 9.17) is 14.2 Å². The summed E-state index contributed by atoms with van der Waals surface area (Å²) in [5.74, 6) is 5.73. The molecule has 37 heavy (non-hydrogen) atoms. The molecule has 11 atom stereocenters. The highest BCUT2D eigenvalue weighted by Crippen LogP contribution is 2.66. The molecule has 2 aliphatic heterocycles. The van der Waals surface area contributed by atoms with Gasteiger partial charge >= 0.3 is 11.9 Å². The number of ether oxygens (including phenoxy) is 3. The number of carbonyl (C=O) groups excluding carboxylic acids is 2. The lowest BCUT2D eigenvalue weighted by molar-refractivity contribution is -0.168. The van der Waals surface area contributed by atoms with E-state index in [-0.39, 0.29) is 41.6 Å². The molecule has 0 spiro atoms. The predicted octanol–water partition coefficient (Wildman–Crippen LogP) is 6.96. The summed E-state index contributed by atoms with van der Waals surface area (Å²) < 4.78 is 17.1. The average molecular weight is 517 g/mol. The summed E-state index contributed by atoms with van der Waals surface area (Å²) in [7, 11) is 0. The number of carbonyl (C=O) groups is 2. The van der Waals surface area contributed by atoms with Gasteiger partial charge in [0.15, 0.2) is 0 Å². The maximum Gasteiger partial charge on any atom is 0.312 e. The molecule has 6 aliphatic rings. The molecule has 6 rings (SSSR count). The first-order valence-corrected chi connectivity index (χ1v) is 15.9. The van der Waals surface area contributed by atoms with Gasteiger partial charge in [0, 0.05) is 5.92 Å². The normalized spacial score (nSPS) is 44.8. The Bertz CT molecular complexity index is 818. The molecule has 0 radical (unpaired) electrons. The Morgan fingerprint density at radius 1 is 0.865 bits per heavy atom. The molecular weight excluding hydrogens is 464 g/mol. The second kappa shape index (κ2) is 11.2. The zero-order chi connectivity index (χ0) is 26.3. The largest absolute Gasteiger partial charge is 0.465 e. The van der Waals surface area contributed by atoms with E-state index in [0.29, 0.717) is 18.4 Å². The fourth-order valence-corrected chi connectivity index (χ4v) is 9.98. The first-order valence-electron chi connectivity index (χ1n) is 15.9. The summed E-state index contributed by atoms with van der Waals surface area (Å²) in [6.07, 6.45) is 14.4. The Balaban J connectivity index is 0.000000182. The van der Waals surface area contributed by atoms with Crippen molar-refractivity contribution in [3.05, 3.63) is 0 Å². The van der Waals surface area contributed by atoms with E-state index in [1.807, 2.05) is 0 Å². The highest BCUT2D eigenvalue weighted by atomic mass is 16.6. The molecule has 2 heterocycles. The Kier molecular flexibility index (Phi) is 8.30. The number of cyclic esters (lactones) is 1. The van der Waals surface area contributed by atoms with Gasteiger partial charge in [-0.15, -0.1) is 0 Å². The van der Waals surface area contributed by atoms with Crippen molar-refractivity contribution in [2.75, 3.05) is 6.61 Å². The standard InChI is InChI=1S/C22H36O2.C10H16O3/c1-4-14-11-15(5-2)20-17-12-16(19(14)20)13-18(17)21(23)24-22(6-3)9-7-8-10-22;1-3-7-6-5-12-10(11)9(6)8(4-2)13-7/h14-20H,4-13H2,1-3H3;6-9H,3-5H2,1-2H3. The van der Waals surface area contributed by atoms with Crippen LogP contribution < -0.4 is 0 Å². The van der Waals surface area contributed by atoms with E-state index in [9.17, 15) is 9.59 Å². The Labute approximate surface area is 225 Å². The lowest BCUT2D eigenvalue weighted by Crippen LogP contribution is -2.39. The Morgan fingerprint density at radius 2 is 1.54 bits per heavy atom. The number of hydrogen-bond donors (Lipinski definition) is 0. The monoisotopic (exact) mass is 516 g/mol. The van der Waals surface area contributed by atoms with E-state index in [1.165, 1.54) is 38.5 Å². The Morgan fingerprint density at radius 3 is 2.16 bits per heavy atom. The minimum absolute atomic E-state index is 0.0231. The van der Waals surface area contributed by atoms with Gasteiger partial charge in [-0.05, 0) is 99.7 Å². The molecule has 0 amide bonds. The van der Waals surface area contributed by atoms with Crippen molar-refractivity contribution in [2.24, 2.45) is 53.3 Å². The fourth-order valence-electron chi connectivity index (χ4n) is 9.98. The van der Waals surface area contributed by atoms with Crippen LogP contribution in [0.1, 0.15) is 112 Å². The third-order valence-corrected chi connectivity index (χ3v) is 11.8. The van der Waals surface area contributed by atoms with Crippen LogP contribution in [0.5, 0.6) is 0 Å². The second-order valence-electron chi connectivity index (χ2n) is 13.2. The van der Waals surface area contributed by atoms with Gasteiger partial charge in [-0.3, -0.25) is 9.59 Å². The minimum atomic E-state index is -0.107. The van der Waals surface area contributed by atoms with E-state index < -0.39 is 0 Å². The molecule has 0 aromatic carbocycles. The summed E-state index contributed by atoms with van der Waals surface area (Å²) in [6, 6.07) is 0. The van der Waals surface area contributed by atoms with Gasteiger partial charge in [0.05, 0.1) is 30.7 Å². The summed E-state index contributed by atoms with van der Waals surface area (Å²) in [4.78, 5) is 24.5. The molecular formula is C32H52O5. The van der Waals surface area contributed by atoms with E-state index in [0.717, 1.165) is 68.1 Å². The maximum absolute atomic E-state index is 13.1. The summed E-state index contributed by atoms with van der Waals surface area (Å²) >= 11 is 0. The van der Waals surface area contributed by atoms with Crippen molar-refractivity contribution in [3.63, 3.8) is 0 Å². The molecule has 4 aliphatic carbocycles. The molecule has 2 saturated heterocycles. The van der Waals surface area contributed by atoms with Gasteiger partial charge in [-0.2, -0.15) is 0 Å². The van der Waals surface area contributed by atoms with Gasteiger partial charge in [0.2, 0.25) is 0 Å². The van der Waals surface area contributed by atoms with Gasteiger partial charge in [0.1, 0.15) is 5.60 Å². The highest BCUT2D eigenvalue weighted by Gasteiger charge is 2.61. The molecule has 11 unspecified atom stereocenters. The quantitative estimate of drug-likeness (QED) is 0.342. The van der Waals surface area contributed by atoms with Crippen molar-refractivity contribution in [2.45, 2.75) is 129 Å². The fraction of sp³-hybridized carbons (Fsp3) is 0.938. The average Bonchev–Trinajstić information content (AvgIpc) is 3.74. The second-order valence-corrected chi connectivity index (χ2v) is 13.2. The number of hydrogen-bond acceptors (Lipinski definition) is 5. The number of rotatable bonds is 7. The molecule has 2 bridgehead atoms. The molecule has 0 aromatic rings. The molecule has 0 aromatic heterocycles. The van der Waals surface area contributed by atoms with Crippen LogP contribution in [0.15, 0.2) is 0 Å². The van der Waals surface area contributed by atoms with Gasteiger partial charge < -0.3 is 14.2 Å². The van der Waals surface area contributed by atoms with Crippen LogP contribution in [-0.4, -0.2) is 36.4 Å². The molecule has 0 N–H and O–H groups in total. The van der Waals surface area contributed by atoms with E-state index in [2.05, 4.69) is 34.6 Å². The van der Waals surface area contributed by atoms with Gasteiger partial charge in [-0.1, -0.05) is 47.5 Å². The third kappa shape index (κ3) is 4.78. The van der Waals surface area contributed by atoms with Crippen LogP contribution in [0.2, 0.25) is 0 Å². The van der Waals surface area contributed by atoms with Gasteiger partial charge in [-0.25, -0.2) is 0 Å². The minimum Gasteiger partial charge on any atom is -0.465 e. The first kappa shape index (κ1) is 27.5. The van der Waals surface area contributed by atoms with Crippen molar-refractivity contribution < 1.29 is 23.8 Å². The van der Waals surface area contributed by atoms with Crippen LogP contribution in [-0.2, 0) is 23.8 Å². The van der Waals surface area contributed by atoms with Crippen molar-refractivity contribution in [1.29, 1.82) is 0 Å². The molecule has 6 fully saturated rings. The van der Waals surface area contributed by atoms with Crippen molar-refractivity contribution in [3.8, 4) is 0 Å². The zero-order valence-corrected chi connectivity index (χ0v) is 24.1. The van der Waals surface area contributed by atoms with Crippen LogP contribution in [0.25, 0.3) is 0 Å². The van der Waals surface area contributed by atoms with Crippen molar-refractivity contribution in [1.82, 2.24) is 0 Å². The first-order chi connectivity index (χ1) is 17.9. The molecule has 210 valence electrons. The maximum atomic E-state index is 13.1. The summed E-state index contributed by atoms with van der Waals surface area (Å²) in [5.41, 5.74) is -0.107.